The van der Waals surface area contributed by atoms with E-state index in [4.69, 9.17) is 10.5 Å². The Morgan fingerprint density at radius 1 is 1.10 bits per heavy atom. The van der Waals surface area contributed by atoms with Crippen LogP contribution < -0.4 is 15.4 Å². The van der Waals surface area contributed by atoms with Crippen LogP contribution in [-0.4, -0.2) is 40.9 Å². The van der Waals surface area contributed by atoms with Crippen molar-refractivity contribution in [3.05, 3.63) is 90.4 Å². The van der Waals surface area contributed by atoms with Gasteiger partial charge in [0.1, 0.15) is 18.0 Å². The molecule has 39 heavy (non-hydrogen) atoms. The first-order valence-electron chi connectivity index (χ1n) is 12.7. The highest BCUT2D eigenvalue weighted by molar-refractivity contribution is 7.91. The molecule has 1 unspecified atom stereocenters. The molecule has 5 rings (SSSR count). The average Bonchev–Trinajstić information content (AvgIpc) is 3.54. The van der Waals surface area contributed by atoms with Gasteiger partial charge in [-0.3, -0.25) is 4.79 Å². The molecule has 9 nitrogen and oxygen atoms in total. The summed E-state index contributed by atoms with van der Waals surface area (Å²) in [7, 11) is -4.22. The summed E-state index contributed by atoms with van der Waals surface area (Å²) in [5.74, 6) is -0.0935. The fourth-order valence-electron chi connectivity index (χ4n) is 5.26. The average molecular weight is 546 g/mol. The highest BCUT2D eigenvalue weighted by atomic mass is 32.2. The predicted octanol–water partition coefficient (Wildman–Crippen LogP) is 4.40. The lowest BCUT2D eigenvalue weighted by molar-refractivity contribution is 0.0997. The van der Waals surface area contributed by atoms with Crippen LogP contribution in [0.4, 0.5) is 5.82 Å². The summed E-state index contributed by atoms with van der Waals surface area (Å²) >= 11 is 0. The molecular formula is C29H31N5O4S. The van der Waals surface area contributed by atoms with Crippen molar-refractivity contribution < 1.29 is 17.9 Å². The van der Waals surface area contributed by atoms with Crippen LogP contribution >= 0.6 is 0 Å². The van der Waals surface area contributed by atoms with E-state index in [1.54, 1.807) is 12.1 Å². The van der Waals surface area contributed by atoms with Gasteiger partial charge in [0.2, 0.25) is 15.7 Å². The maximum atomic E-state index is 13.8. The molecule has 10 heteroatoms. The number of hydrogen-bond acceptors (Lipinski definition) is 7. The predicted molar refractivity (Wildman–Crippen MR) is 148 cm³/mol. The Bertz CT molecular complexity index is 1620. The lowest BCUT2D eigenvalue weighted by Crippen LogP contribution is -2.40. The number of anilines is 1. The van der Waals surface area contributed by atoms with Crippen molar-refractivity contribution in [2.75, 3.05) is 11.4 Å². The smallest absolute Gasteiger partial charge is 0.253 e. The zero-order chi connectivity index (χ0) is 27.8. The highest BCUT2D eigenvalue weighted by Gasteiger charge is 2.40. The molecule has 1 aromatic carbocycles. The third-order valence-corrected chi connectivity index (χ3v) is 8.63. The molecular weight excluding hydrogens is 514 g/mol. The normalized spacial score (nSPS) is 16.8. The van der Waals surface area contributed by atoms with Gasteiger partial charge in [0.25, 0.3) is 5.91 Å². The van der Waals surface area contributed by atoms with Crippen molar-refractivity contribution in [2.45, 2.75) is 49.3 Å². The quantitative estimate of drug-likeness (QED) is 0.348. The van der Waals surface area contributed by atoms with Gasteiger partial charge < -0.3 is 19.9 Å². The molecule has 0 saturated carbocycles. The van der Waals surface area contributed by atoms with Gasteiger partial charge in [-0.25, -0.2) is 18.4 Å². The number of primary amides is 1. The second-order valence-electron chi connectivity index (χ2n) is 10.5. The summed E-state index contributed by atoms with van der Waals surface area (Å²) in [6, 6.07) is 17.5. The van der Waals surface area contributed by atoms with Crippen LogP contribution in [0.15, 0.2) is 89.2 Å². The number of sulfone groups is 1. The van der Waals surface area contributed by atoms with E-state index >= 15 is 0 Å². The van der Waals surface area contributed by atoms with Crippen LogP contribution in [0.3, 0.4) is 0 Å². The molecule has 2 N–H and O–H groups in total. The van der Waals surface area contributed by atoms with Crippen molar-refractivity contribution in [3.8, 4) is 11.6 Å². The Balaban J connectivity index is 1.44. The van der Waals surface area contributed by atoms with Crippen LogP contribution in [0.1, 0.15) is 43.1 Å². The van der Waals surface area contributed by atoms with Crippen molar-refractivity contribution in [2.24, 2.45) is 11.7 Å². The van der Waals surface area contributed by atoms with Crippen molar-refractivity contribution in [3.63, 3.8) is 0 Å². The Hall–Kier alpha value is -4.18. The summed E-state index contributed by atoms with van der Waals surface area (Å²) in [6.07, 6.45) is 6.17. The third-order valence-electron chi connectivity index (χ3n) is 6.93. The monoisotopic (exact) mass is 545 g/mol. The number of carbonyl (C=O) groups excluding carboxylic acids is 1. The molecule has 0 spiro atoms. The molecule has 4 aromatic rings. The van der Waals surface area contributed by atoms with E-state index in [0.29, 0.717) is 12.5 Å². The minimum atomic E-state index is -4.22. The largest absolute Gasteiger partial charge is 0.473 e. The number of ether oxygens (including phenoxy) is 1. The van der Waals surface area contributed by atoms with Gasteiger partial charge >= 0.3 is 0 Å². The molecule has 0 aliphatic carbocycles. The number of carbonyl (C=O) groups is 1. The van der Waals surface area contributed by atoms with Gasteiger partial charge in [-0.15, -0.1) is 0 Å². The molecule has 1 amide bonds. The zero-order valence-electron chi connectivity index (χ0n) is 22.1. The minimum absolute atomic E-state index is 0.130. The van der Waals surface area contributed by atoms with Crippen LogP contribution in [0.25, 0.3) is 5.69 Å². The zero-order valence-corrected chi connectivity index (χ0v) is 22.9. The number of nitrogens with two attached hydrogens (primary N) is 1. The van der Waals surface area contributed by atoms with Crippen LogP contribution in [0.5, 0.6) is 5.88 Å². The Labute approximate surface area is 228 Å². The summed E-state index contributed by atoms with van der Waals surface area (Å²) in [4.78, 5) is 23.1. The van der Waals surface area contributed by atoms with E-state index < -0.39 is 15.7 Å². The molecule has 3 aromatic heterocycles. The Morgan fingerprint density at radius 3 is 2.54 bits per heavy atom. The lowest BCUT2D eigenvalue weighted by Gasteiger charge is -2.33. The number of hydrogen-bond donors (Lipinski definition) is 1. The number of rotatable bonds is 8. The van der Waals surface area contributed by atoms with Gasteiger partial charge in [0.15, 0.2) is 5.03 Å². The van der Waals surface area contributed by atoms with Gasteiger partial charge in [-0.2, -0.15) is 0 Å². The van der Waals surface area contributed by atoms with Gasteiger partial charge in [0.05, 0.1) is 4.90 Å². The molecule has 1 fully saturated rings. The maximum Gasteiger partial charge on any atom is 0.253 e. The first kappa shape index (κ1) is 26.4. The van der Waals surface area contributed by atoms with E-state index in [0.717, 1.165) is 17.7 Å². The van der Waals surface area contributed by atoms with E-state index in [2.05, 4.69) is 16.9 Å². The van der Waals surface area contributed by atoms with Gasteiger partial charge in [-0.1, -0.05) is 25.1 Å². The highest BCUT2D eigenvalue weighted by Crippen LogP contribution is 2.39. The van der Waals surface area contributed by atoms with Crippen LogP contribution in [-0.2, 0) is 16.4 Å². The van der Waals surface area contributed by atoms with E-state index in [1.807, 2.05) is 72.1 Å². The lowest BCUT2D eigenvalue weighted by atomic mass is 9.97. The molecule has 1 aliphatic heterocycles. The SMILES string of the molecule is CC1CN(c2nccc(S(=O)(=O)c3cccc(OCc4cccc(-n5cccc5)c4)n3)c2C(N)=O)C(C)(C)C1. The molecule has 4 heterocycles. The van der Waals surface area contributed by atoms with Gasteiger partial charge in [-0.05, 0) is 68.1 Å². The Kier molecular flexibility index (Phi) is 6.90. The van der Waals surface area contributed by atoms with Crippen LogP contribution in [0, 0.1) is 5.92 Å². The van der Waals surface area contributed by atoms with E-state index in [-0.39, 0.29) is 39.3 Å². The first-order chi connectivity index (χ1) is 18.6. The molecule has 0 radical (unpaired) electrons. The number of aromatic nitrogens is 3. The number of nitrogens with zero attached hydrogens (tertiary/aromatic N) is 4. The fraction of sp³-hybridized carbons (Fsp3) is 0.276. The summed E-state index contributed by atoms with van der Waals surface area (Å²) < 4.78 is 35.4. The first-order valence-corrected chi connectivity index (χ1v) is 14.2. The van der Waals surface area contributed by atoms with E-state index in [9.17, 15) is 13.2 Å². The number of amides is 1. The molecule has 1 atom stereocenters. The van der Waals surface area contributed by atoms with Gasteiger partial charge in [0, 0.05) is 42.4 Å². The number of benzene rings is 1. The molecule has 1 saturated heterocycles. The standard InChI is InChI=1S/C29H31N5O4S/c1-20-17-29(2,3)34(18-20)28-26(27(30)35)23(12-13-31-28)39(36,37)25-11-7-10-24(32-25)38-19-21-8-6-9-22(16-21)33-14-4-5-15-33/h4-16,20H,17-19H2,1-3H3,(H2,30,35). The summed E-state index contributed by atoms with van der Waals surface area (Å²) in [5, 5.41) is -0.241. The molecule has 1 aliphatic rings. The second kappa shape index (κ2) is 10.2. The maximum absolute atomic E-state index is 13.8. The second-order valence-corrected chi connectivity index (χ2v) is 12.3. The summed E-state index contributed by atoms with van der Waals surface area (Å²) in [6.45, 7) is 7.02. The fourth-order valence-corrected chi connectivity index (χ4v) is 6.66. The summed E-state index contributed by atoms with van der Waals surface area (Å²) in [5.41, 5.74) is 7.18. The van der Waals surface area contributed by atoms with Crippen LogP contribution in [0.2, 0.25) is 0 Å². The van der Waals surface area contributed by atoms with E-state index in [1.165, 1.54) is 18.3 Å². The third kappa shape index (κ3) is 5.24. The number of pyridine rings is 2. The topological polar surface area (TPSA) is 120 Å². The van der Waals surface area contributed by atoms with Crippen molar-refractivity contribution in [1.29, 1.82) is 0 Å². The minimum Gasteiger partial charge on any atom is -0.473 e. The van der Waals surface area contributed by atoms with Crippen molar-refractivity contribution >= 4 is 21.6 Å². The Morgan fingerprint density at radius 2 is 1.85 bits per heavy atom. The van der Waals surface area contributed by atoms with Crippen molar-refractivity contribution in [1.82, 2.24) is 14.5 Å². The molecule has 0 bridgehead atoms. The molecule has 202 valence electrons.